The molecule has 5 heteroatoms. The Bertz CT molecular complexity index is 438. The average Bonchev–Trinajstić information content (AvgIpc) is 2.63. The van der Waals surface area contributed by atoms with Crippen LogP contribution in [0, 0.1) is 5.82 Å². The van der Waals surface area contributed by atoms with E-state index in [4.69, 9.17) is 11.6 Å². The summed E-state index contributed by atoms with van der Waals surface area (Å²) in [5, 5.41) is 7.70. The zero-order valence-electron chi connectivity index (χ0n) is 7.90. The van der Waals surface area contributed by atoms with Crippen molar-refractivity contribution in [1.82, 2.24) is 14.8 Å². The van der Waals surface area contributed by atoms with Gasteiger partial charge in [0.05, 0.1) is 0 Å². The molecule has 78 valence electrons. The maximum Gasteiger partial charge on any atom is 0.224 e. The van der Waals surface area contributed by atoms with Gasteiger partial charge in [-0.25, -0.2) is 4.39 Å². The van der Waals surface area contributed by atoms with Crippen molar-refractivity contribution in [2.75, 3.05) is 0 Å². The van der Waals surface area contributed by atoms with Gasteiger partial charge in [-0.3, -0.25) is 0 Å². The highest BCUT2D eigenvalue weighted by atomic mass is 35.5. The van der Waals surface area contributed by atoms with Gasteiger partial charge in [-0.1, -0.05) is 12.1 Å². The Morgan fingerprint density at radius 1 is 1.27 bits per heavy atom. The van der Waals surface area contributed by atoms with Gasteiger partial charge in [0.2, 0.25) is 5.28 Å². The van der Waals surface area contributed by atoms with Gasteiger partial charge in [0, 0.05) is 6.54 Å². The van der Waals surface area contributed by atoms with E-state index < -0.39 is 0 Å². The number of hydrogen-bond acceptors (Lipinski definition) is 2. The number of halogens is 2. The van der Waals surface area contributed by atoms with Gasteiger partial charge in [-0.15, -0.1) is 10.2 Å². The van der Waals surface area contributed by atoms with Crippen LogP contribution in [0.4, 0.5) is 4.39 Å². The predicted molar refractivity (Wildman–Crippen MR) is 55.1 cm³/mol. The van der Waals surface area contributed by atoms with Crippen molar-refractivity contribution in [2.24, 2.45) is 0 Å². The predicted octanol–water partition coefficient (Wildman–Crippen LogP) is 2.31. The molecule has 1 heterocycles. The summed E-state index contributed by atoms with van der Waals surface area (Å²) in [6, 6.07) is 6.41. The minimum Gasteiger partial charge on any atom is -0.304 e. The Kier molecular flexibility index (Phi) is 2.97. The van der Waals surface area contributed by atoms with E-state index in [9.17, 15) is 4.39 Å². The van der Waals surface area contributed by atoms with Gasteiger partial charge in [-0.2, -0.15) is 0 Å². The molecule has 0 spiro atoms. The lowest BCUT2D eigenvalue weighted by Gasteiger charge is -2.02. The largest absolute Gasteiger partial charge is 0.304 e. The smallest absolute Gasteiger partial charge is 0.224 e. The van der Waals surface area contributed by atoms with Crippen LogP contribution < -0.4 is 0 Å². The highest BCUT2D eigenvalue weighted by Gasteiger charge is 2.00. The molecular weight excluding hydrogens is 217 g/mol. The molecule has 3 nitrogen and oxygen atoms in total. The van der Waals surface area contributed by atoms with Crippen LogP contribution in [-0.4, -0.2) is 14.8 Å². The normalized spacial score (nSPS) is 10.5. The maximum atomic E-state index is 12.6. The number of aromatic nitrogens is 3. The van der Waals surface area contributed by atoms with E-state index in [1.54, 1.807) is 23.0 Å². The van der Waals surface area contributed by atoms with Crippen molar-refractivity contribution in [3.8, 4) is 0 Å². The summed E-state index contributed by atoms with van der Waals surface area (Å²) in [6.45, 7) is 0.692. The standard InChI is InChI=1S/C10H9ClFN3/c11-10-14-13-7-15(10)6-5-8-1-3-9(12)4-2-8/h1-4,7H,5-6H2. The SMILES string of the molecule is Fc1ccc(CCn2cnnc2Cl)cc1. The van der Waals surface area contributed by atoms with Crippen LogP contribution in [0.2, 0.25) is 5.28 Å². The molecule has 0 N–H and O–H groups in total. The highest BCUT2D eigenvalue weighted by Crippen LogP contribution is 2.07. The number of aryl methyl sites for hydroxylation is 2. The quantitative estimate of drug-likeness (QED) is 0.803. The lowest BCUT2D eigenvalue weighted by Crippen LogP contribution is -2.00. The van der Waals surface area contributed by atoms with Crippen molar-refractivity contribution < 1.29 is 4.39 Å². The van der Waals surface area contributed by atoms with Crippen LogP contribution >= 0.6 is 11.6 Å². The van der Waals surface area contributed by atoms with Gasteiger partial charge in [0.25, 0.3) is 0 Å². The Balaban J connectivity index is 1.99. The fourth-order valence-corrected chi connectivity index (χ4v) is 1.46. The molecule has 1 aromatic carbocycles. The lowest BCUT2D eigenvalue weighted by atomic mass is 10.1. The third-order valence-corrected chi connectivity index (χ3v) is 2.42. The van der Waals surface area contributed by atoms with E-state index >= 15 is 0 Å². The first-order valence-corrected chi connectivity index (χ1v) is 4.91. The average molecular weight is 226 g/mol. The topological polar surface area (TPSA) is 30.7 Å². The van der Waals surface area contributed by atoms with Gasteiger partial charge in [-0.05, 0) is 35.7 Å². The zero-order valence-corrected chi connectivity index (χ0v) is 8.65. The molecule has 2 rings (SSSR count). The van der Waals surface area contributed by atoms with E-state index in [-0.39, 0.29) is 5.82 Å². The number of rotatable bonds is 3. The molecule has 0 aliphatic carbocycles. The zero-order chi connectivity index (χ0) is 10.7. The summed E-state index contributed by atoms with van der Waals surface area (Å²) in [5.74, 6) is -0.221. The Morgan fingerprint density at radius 2 is 2.00 bits per heavy atom. The Labute approximate surface area is 91.5 Å². The number of hydrogen-bond donors (Lipinski definition) is 0. The van der Waals surface area contributed by atoms with Crippen molar-refractivity contribution >= 4 is 11.6 Å². The Hall–Kier alpha value is -1.42. The molecule has 0 radical (unpaired) electrons. The number of nitrogens with zero attached hydrogens (tertiary/aromatic N) is 3. The molecule has 15 heavy (non-hydrogen) atoms. The summed E-state index contributed by atoms with van der Waals surface area (Å²) in [5.41, 5.74) is 1.06. The third kappa shape index (κ3) is 2.53. The highest BCUT2D eigenvalue weighted by molar-refractivity contribution is 6.28. The van der Waals surface area contributed by atoms with Gasteiger partial charge in [0.15, 0.2) is 0 Å². The minimum absolute atomic E-state index is 0.221. The Morgan fingerprint density at radius 3 is 2.60 bits per heavy atom. The fourth-order valence-electron chi connectivity index (χ4n) is 1.29. The molecule has 0 fully saturated rings. The van der Waals surface area contributed by atoms with Crippen molar-refractivity contribution in [2.45, 2.75) is 13.0 Å². The molecule has 0 aliphatic rings. The van der Waals surface area contributed by atoms with Crippen LogP contribution in [0.3, 0.4) is 0 Å². The van der Waals surface area contributed by atoms with Crippen LogP contribution in [-0.2, 0) is 13.0 Å². The molecule has 2 aromatic rings. The molecule has 0 amide bonds. The van der Waals surface area contributed by atoms with E-state index in [0.29, 0.717) is 11.8 Å². The van der Waals surface area contributed by atoms with Crippen LogP contribution in [0.5, 0.6) is 0 Å². The van der Waals surface area contributed by atoms with Crippen molar-refractivity contribution in [1.29, 1.82) is 0 Å². The summed E-state index contributed by atoms with van der Waals surface area (Å²) >= 11 is 5.76. The molecule has 0 bridgehead atoms. The molecular formula is C10H9ClFN3. The van der Waals surface area contributed by atoms with Crippen LogP contribution in [0.1, 0.15) is 5.56 Å². The van der Waals surface area contributed by atoms with E-state index in [0.717, 1.165) is 12.0 Å². The second kappa shape index (κ2) is 4.40. The van der Waals surface area contributed by atoms with Crippen LogP contribution in [0.25, 0.3) is 0 Å². The van der Waals surface area contributed by atoms with E-state index in [1.165, 1.54) is 12.1 Å². The lowest BCUT2D eigenvalue weighted by molar-refractivity contribution is 0.625. The van der Waals surface area contributed by atoms with E-state index in [1.807, 2.05) is 0 Å². The molecule has 1 aromatic heterocycles. The maximum absolute atomic E-state index is 12.6. The minimum atomic E-state index is -0.221. The third-order valence-electron chi connectivity index (χ3n) is 2.12. The van der Waals surface area contributed by atoms with Gasteiger partial charge in [0.1, 0.15) is 12.1 Å². The second-order valence-corrected chi connectivity index (χ2v) is 3.51. The summed E-state index contributed by atoms with van der Waals surface area (Å²) in [6.07, 6.45) is 2.35. The molecule has 0 saturated heterocycles. The van der Waals surface area contributed by atoms with Crippen LogP contribution in [0.15, 0.2) is 30.6 Å². The monoisotopic (exact) mass is 225 g/mol. The summed E-state index contributed by atoms with van der Waals surface area (Å²) in [7, 11) is 0. The van der Waals surface area contributed by atoms with Gasteiger partial charge < -0.3 is 4.57 Å². The van der Waals surface area contributed by atoms with Gasteiger partial charge >= 0.3 is 0 Å². The fraction of sp³-hybridized carbons (Fsp3) is 0.200. The molecule has 0 aliphatic heterocycles. The first-order chi connectivity index (χ1) is 7.25. The first kappa shape index (κ1) is 10.1. The summed E-state index contributed by atoms with van der Waals surface area (Å²) < 4.78 is 14.4. The summed E-state index contributed by atoms with van der Waals surface area (Å²) in [4.78, 5) is 0. The van der Waals surface area contributed by atoms with Crippen molar-refractivity contribution in [3.63, 3.8) is 0 Å². The molecule has 0 atom stereocenters. The van der Waals surface area contributed by atoms with E-state index in [2.05, 4.69) is 10.2 Å². The molecule has 0 saturated carbocycles. The van der Waals surface area contributed by atoms with Crippen molar-refractivity contribution in [3.05, 3.63) is 47.3 Å². The molecule has 0 unspecified atom stereocenters. The second-order valence-electron chi connectivity index (χ2n) is 3.17. The first-order valence-electron chi connectivity index (χ1n) is 4.53. The number of benzene rings is 1.